The second kappa shape index (κ2) is 7.23. The van der Waals surface area contributed by atoms with Crippen molar-refractivity contribution >= 4 is 28.1 Å². The predicted molar refractivity (Wildman–Crippen MR) is 83.1 cm³/mol. The van der Waals surface area contributed by atoms with Crippen molar-refractivity contribution < 1.29 is 18.1 Å². The maximum atomic E-state index is 12.7. The van der Waals surface area contributed by atoms with Gasteiger partial charge in [0.05, 0.1) is 18.1 Å². The van der Waals surface area contributed by atoms with Crippen molar-refractivity contribution in [2.75, 3.05) is 26.7 Å². The molecule has 1 heterocycles. The summed E-state index contributed by atoms with van der Waals surface area (Å²) in [7, 11) is -2.46. The molecule has 0 bridgehead atoms. The third kappa shape index (κ3) is 3.49. The number of methoxy groups -OCH3 is 1. The molecule has 1 aliphatic rings. The number of piperazine rings is 1. The number of non-ortho nitro benzene ring substituents is 1. The Hall–Kier alpha value is -1.42. The summed E-state index contributed by atoms with van der Waals surface area (Å²) in [4.78, 5) is 10.1. The lowest BCUT2D eigenvalue weighted by molar-refractivity contribution is -0.385. The van der Waals surface area contributed by atoms with Crippen molar-refractivity contribution in [1.29, 1.82) is 0 Å². The van der Waals surface area contributed by atoms with Crippen LogP contribution in [0.5, 0.6) is 5.75 Å². The van der Waals surface area contributed by atoms with E-state index in [1.165, 1.54) is 23.5 Å². The lowest BCUT2D eigenvalue weighted by Gasteiger charge is -2.33. The Morgan fingerprint density at radius 3 is 2.68 bits per heavy atom. The molecule has 0 saturated carbocycles. The zero-order valence-corrected chi connectivity index (χ0v) is 13.8. The normalized spacial score (nSPS) is 19.3. The molecule has 0 unspecified atom stereocenters. The topological polar surface area (TPSA) is 102 Å². The Labute approximate surface area is 135 Å². The van der Waals surface area contributed by atoms with E-state index < -0.39 is 14.9 Å². The minimum Gasteiger partial charge on any atom is -0.495 e. The first-order valence-electron chi connectivity index (χ1n) is 6.43. The van der Waals surface area contributed by atoms with Crippen LogP contribution in [0.15, 0.2) is 23.1 Å². The Bertz CT molecular complexity index is 652. The maximum Gasteiger partial charge on any atom is 0.273 e. The number of benzene rings is 1. The van der Waals surface area contributed by atoms with Gasteiger partial charge in [-0.05, 0) is 13.0 Å². The number of rotatable bonds is 4. The Kier molecular flexibility index (Phi) is 6.12. The summed E-state index contributed by atoms with van der Waals surface area (Å²) in [5.74, 6) is -0.0186. The Morgan fingerprint density at radius 2 is 2.14 bits per heavy atom. The lowest BCUT2D eigenvalue weighted by Crippen LogP contribution is -2.52. The van der Waals surface area contributed by atoms with Crippen molar-refractivity contribution in [1.82, 2.24) is 9.62 Å². The van der Waals surface area contributed by atoms with Crippen LogP contribution in [-0.4, -0.2) is 50.4 Å². The molecule has 0 aromatic heterocycles. The molecule has 1 aromatic carbocycles. The largest absolute Gasteiger partial charge is 0.495 e. The molecule has 1 atom stereocenters. The van der Waals surface area contributed by atoms with Gasteiger partial charge in [-0.15, -0.1) is 12.4 Å². The van der Waals surface area contributed by atoms with E-state index in [1.54, 1.807) is 0 Å². The lowest BCUT2D eigenvalue weighted by atomic mass is 10.3. The van der Waals surface area contributed by atoms with E-state index in [4.69, 9.17) is 4.74 Å². The summed E-state index contributed by atoms with van der Waals surface area (Å²) in [6.45, 7) is 3.29. The molecule has 10 heteroatoms. The second-order valence-corrected chi connectivity index (χ2v) is 6.62. The summed E-state index contributed by atoms with van der Waals surface area (Å²) in [6, 6.07) is 3.33. The summed E-state index contributed by atoms with van der Waals surface area (Å²) in [5, 5.41) is 13.9. The third-order valence-corrected chi connectivity index (χ3v) is 5.44. The van der Waals surface area contributed by atoms with Crippen molar-refractivity contribution in [3.05, 3.63) is 28.3 Å². The molecule has 1 saturated heterocycles. The highest BCUT2D eigenvalue weighted by Crippen LogP contribution is 2.31. The molecule has 8 nitrogen and oxygen atoms in total. The van der Waals surface area contributed by atoms with Gasteiger partial charge in [0, 0.05) is 31.7 Å². The van der Waals surface area contributed by atoms with Crippen LogP contribution in [-0.2, 0) is 10.0 Å². The smallest absolute Gasteiger partial charge is 0.273 e. The van der Waals surface area contributed by atoms with E-state index in [9.17, 15) is 18.5 Å². The Morgan fingerprint density at radius 1 is 1.45 bits per heavy atom. The van der Waals surface area contributed by atoms with Gasteiger partial charge >= 0.3 is 0 Å². The van der Waals surface area contributed by atoms with Gasteiger partial charge < -0.3 is 10.1 Å². The van der Waals surface area contributed by atoms with Gasteiger partial charge in [-0.25, -0.2) is 8.42 Å². The van der Waals surface area contributed by atoms with Crippen LogP contribution in [0.25, 0.3) is 0 Å². The highest BCUT2D eigenvalue weighted by molar-refractivity contribution is 7.89. The zero-order chi connectivity index (χ0) is 15.6. The summed E-state index contributed by atoms with van der Waals surface area (Å²) >= 11 is 0. The quantitative estimate of drug-likeness (QED) is 0.641. The minimum atomic E-state index is -3.75. The molecule has 124 valence electrons. The molecule has 0 amide bonds. The van der Waals surface area contributed by atoms with Gasteiger partial charge in [-0.2, -0.15) is 4.31 Å². The van der Waals surface area contributed by atoms with Gasteiger partial charge in [-0.1, -0.05) is 0 Å². The van der Waals surface area contributed by atoms with Crippen LogP contribution in [0.3, 0.4) is 0 Å². The minimum absolute atomic E-state index is 0. The fourth-order valence-corrected chi connectivity index (χ4v) is 4.06. The molecule has 22 heavy (non-hydrogen) atoms. The van der Waals surface area contributed by atoms with Crippen LogP contribution in [0.2, 0.25) is 0 Å². The number of nitro groups is 1. The molecule has 1 aromatic rings. The first-order chi connectivity index (χ1) is 9.87. The molecule has 0 spiro atoms. The number of hydrogen-bond donors (Lipinski definition) is 1. The van der Waals surface area contributed by atoms with Gasteiger partial charge in [0.25, 0.3) is 5.69 Å². The highest BCUT2D eigenvalue weighted by atomic mass is 35.5. The number of halogens is 1. The average molecular weight is 352 g/mol. The first kappa shape index (κ1) is 18.6. The van der Waals surface area contributed by atoms with E-state index in [0.717, 1.165) is 6.07 Å². The van der Waals surface area contributed by atoms with Crippen molar-refractivity contribution in [3.63, 3.8) is 0 Å². The monoisotopic (exact) mass is 351 g/mol. The molecule has 1 fully saturated rings. The molecule has 1 aliphatic heterocycles. The number of nitro benzene ring substituents is 1. The van der Waals surface area contributed by atoms with E-state index in [2.05, 4.69) is 5.32 Å². The van der Waals surface area contributed by atoms with Gasteiger partial charge in [0.1, 0.15) is 10.6 Å². The summed E-state index contributed by atoms with van der Waals surface area (Å²) in [5.41, 5.74) is -0.209. The predicted octanol–water partition coefficient (Wildman–Crippen LogP) is 1.01. The number of nitrogens with one attached hydrogen (secondary N) is 1. The standard InChI is InChI=1S/C12H17N3O5S.ClH/c1-9-8-13-5-6-14(9)21(18,19)12-4-3-10(15(16)17)7-11(12)20-2;/h3-4,7,9,13H,5-6,8H2,1-2H3;1H/t9-;/m0./s1. The van der Waals surface area contributed by atoms with Crippen LogP contribution in [0, 0.1) is 10.1 Å². The zero-order valence-electron chi connectivity index (χ0n) is 12.2. The van der Waals surface area contributed by atoms with Crippen LogP contribution < -0.4 is 10.1 Å². The maximum absolute atomic E-state index is 12.7. The molecule has 2 rings (SSSR count). The van der Waals surface area contributed by atoms with Crippen molar-refractivity contribution in [2.45, 2.75) is 17.9 Å². The molecule has 0 aliphatic carbocycles. The van der Waals surface area contributed by atoms with Crippen LogP contribution >= 0.6 is 12.4 Å². The van der Waals surface area contributed by atoms with Gasteiger partial charge in [0.15, 0.2) is 0 Å². The SMILES string of the molecule is COc1cc([N+](=O)[O-])ccc1S(=O)(=O)N1CCNC[C@@H]1C.Cl. The van der Waals surface area contributed by atoms with E-state index in [-0.39, 0.29) is 34.8 Å². The van der Waals surface area contributed by atoms with Gasteiger partial charge in [0.2, 0.25) is 10.0 Å². The summed E-state index contributed by atoms with van der Waals surface area (Å²) < 4.78 is 31.8. The van der Waals surface area contributed by atoms with Crippen LogP contribution in [0.4, 0.5) is 5.69 Å². The molecular formula is C12H18ClN3O5S. The molecule has 0 radical (unpaired) electrons. The van der Waals surface area contributed by atoms with E-state index >= 15 is 0 Å². The third-order valence-electron chi connectivity index (χ3n) is 3.38. The number of hydrogen-bond acceptors (Lipinski definition) is 6. The van der Waals surface area contributed by atoms with E-state index in [0.29, 0.717) is 19.6 Å². The number of sulfonamides is 1. The second-order valence-electron chi connectivity index (χ2n) is 4.76. The fourth-order valence-electron chi connectivity index (χ4n) is 2.29. The molecular weight excluding hydrogens is 334 g/mol. The first-order valence-corrected chi connectivity index (χ1v) is 7.87. The van der Waals surface area contributed by atoms with E-state index in [1.807, 2.05) is 6.92 Å². The Balaban J connectivity index is 0.00000242. The van der Waals surface area contributed by atoms with Crippen LogP contribution in [0.1, 0.15) is 6.92 Å². The van der Waals surface area contributed by atoms with Gasteiger partial charge in [-0.3, -0.25) is 10.1 Å². The molecule has 1 N–H and O–H groups in total. The summed E-state index contributed by atoms with van der Waals surface area (Å²) in [6.07, 6.45) is 0. The number of nitrogens with zero attached hydrogens (tertiary/aromatic N) is 2. The fraction of sp³-hybridized carbons (Fsp3) is 0.500. The number of ether oxygens (including phenoxy) is 1. The van der Waals surface area contributed by atoms with Crippen molar-refractivity contribution in [3.8, 4) is 5.75 Å². The van der Waals surface area contributed by atoms with Crippen molar-refractivity contribution in [2.24, 2.45) is 0 Å². The highest BCUT2D eigenvalue weighted by Gasteiger charge is 2.33. The average Bonchev–Trinajstić information content (AvgIpc) is 2.46.